The topological polar surface area (TPSA) is 66.4 Å². The predicted octanol–water partition coefficient (Wildman–Crippen LogP) is 3.04. The Balaban J connectivity index is 2.14. The predicted molar refractivity (Wildman–Crippen MR) is 72.3 cm³/mol. The highest BCUT2D eigenvalue weighted by molar-refractivity contribution is 6.42. The molecule has 0 spiro atoms. The molecule has 0 radical (unpaired) electrons. The fourth-order valence-electron chi connectivity index (χ4n) is 1.93. The van der Waals surface area contributed by atoms with Crippen molar-refractivity contribution in [3.63, 3.8) is 0 Å². The Kier molecular flexibility index (Phi) is 3.74. The van der Waals surface area contributed by atoms with Crippen molar-refractivity contribution >= 4 is 35.1 Å². The molecule has 1 aliphatic carbocycles. The molecule has 19 heavy (non-hydrogen) atoms. The van der Waals surface area contributed by atoms with Crippen LogP contribution in [0.15, 0.2) is 18.2 Å². The molecule has 1 fully saturated rings. The Bertz CT molecular complexity index is 541. The molecule has 1 aliphatic rings. The lowest BCUT2D eigenvalue weighted by atomic mass is 10.0. The SMILES string of the molecule is C[C@H](NC(=O)C1(C(=O)O)CC1)c1cccc(Cl)c1Cl. The van der Waals surface area contributed by atoms with Crippen LogP contribution < -0.4 is 5.32 Å². The lowest BCUT2D eigenvalue weighted by molar-refractivity contribution is -0.149. The fraction of sp³-hybridized carbons (Fsp3) is 0.385. The van der Waals surface area contributed by atoms with Gasteiger partial charge in [0.05, 0.1) is 16.1 Å². The summed E-state index contributed by atoms with van der Waals surface area (Å²) in [6.45, 7) is 1.74. The summed E-state index contributed by atoms with van der Waals surface area (Å²) in [5.74, 6) is -1.54. The highest BCUT2D eigenvalue weighted by Gasteiger charge is 2.57. The van der Waals surface area contributed by atoms with Crippen molar-refractivity contribution in [2.75, 3.05) is 0 Å². The minimum absolute atomic E-state index is 0.372. The second kappa shape index (κ2) is 5.02. The lowest BCUT2D eigenvalue weighted by Crippen LogP contribution is -2.38. The van der Waals surface area contributed by atoms with E-state index in [4.69, 9.17) is 28.3 Å². The van der Waals surface area contributed by atoms with Gasteiger partial charge in [-0.2, -0.15) is 0 Å². The van der Waals surface area contributed by atoms with Crippen LogP contribution in [0, 0.1) is 5.41 Å². The fourth-order valence-corrected chi connectivity index (χ4v) is 2.40. The summed E-state index contributed by atoms with van der Waals surface area (Å²) >= 11 is 12.0. The first-order valence-corrected chi connectivity index (χ1v) is 6.62. The Morgan fingerprint density at radius 1 is 1.37 bits per heavy atom. The zero-order chi connectivity index (χ0) is 14.2. The first kappa shape index (κ1) is 14.2. The Hall–Kier alpha value is -1.26. The van der Waals surface area contributed by atoms with Crippen molar-refractivity contribution < 1.29 is 14.7 Å². The second-order valence-corrected chi connectivity index (χ2v) is 5.51. The molecule has 6 heteroatoms. The van der Waals surface area contributed by atoms with Crippen LogP contribution in [0.4, 0.5) is 0 Å². The third kappa shape index (κ3) is 2.55. The normalized spacial score (nSPS) is 17.6. The number of carboxylic acids is 1. The van der Waals surface area contributed by atoms with E-state index in [-0.39, 0.29) is 0 Å². The van der Waals surface area contributed by atoms with Gasteiger partial charge in [0.1, 0.15) is 5.41 Å². The molecule has 4 nitrogen and oxygen atoms in total. The molecule has 1 atom stereocenters. The molecule has 1 aromatic rings. The summed E-state index contributed by atoms with van der Waals surface area (Å²) in [6.07, 6.45) is 0.758. The van der Waals surface area contributed by atoms with Crippen LogP contribution >= 0.6 is 23.2 Å². The third-order valence-corrected chi connectivity index (χ3v) is 4.22. The number of benzene rings is 1. The lowest BCUT2D eigenvalue weighted by Gasteiger charge is -2.18. The minimum Gasteiger partial charge on any atom is -0.480 e. The van der Waals surface area contributed by atoms with Crippen LogP contribution in [0.25, 0.3) is 0 Å². The summed E-state index contributed by atoms with van der Waals surface area (Å²) in [5, 5.41) is 12.5. The van der Waals surface area contributed by atoms with Crippen LogP contribution in [0.3, 0.4) is 0 Å². The molecule has 0 heterocycles. The second-order valence-electron chi connectivity index (χ2n) is 4.73. The Labute approximate surface area is 120 Å². The standard InChI is InChI=1S/C13H13Cl2NO3/c1-7(8-3-2-4-9(14)10(8)15)16-11(17)13(5-6-13)12(18)19/h2-4,7H,5-6H2,1H3,(H,16,17)(H,18,19)/t7-/m0/s1. The van der Waals surface area contributed by atoms with Gasteiger partial charge in [-0.15, -0.1) is 0 Å². The molecular formula is C13H13Cl2NO3. The molecule has 1 aromatic carbocycles. The van der Waals surface area contributed by atoms with Crippen LogP contribution in [0.5, 0.6) is 0 Å². The average molecular weight is 302 g/mol. The van der Waals surface area contributed by atoms with Gasteiger partial charge in [-0.3, -0.25) is 9.59 Å². The summed E-state index contributed by atoms with van der Waals surface area (Å²) in [4.78, 5) is 23.0. The number of halogens is 2. The minimum atomic E-state index is -1.25. The van der Waals surface area contributed by atoms with E-state index in [1.54, 1.807) is 25.1 Å². The number of nitrogens with one attached hydrogen (secondary N) is 1. The first-order valence-electron chi connectivity index (χ1n) is 5.87. The molecule has 0 aliphatic heterocycles. The highest BCUT2D eigenvalue weighted by atomic mass is 35.5. The van der Waals surface area contributed by atoms with Crippen LogP contribution in [-0.2, 0) is 9.59 Å². The van der Waals surface area contributed by atoms with Gasteiger partial charge in [-0.25, -0.2) is 0 Å². The molecule has 2 rings (SSSR count). The van der Waals surface area contributed by atoms with E-state index in [1.807, 2.05) is 0 Å². The van der Waals surface area contributed by atoms with E-state index in [1.165, 1.54) is 0 Å². The Morgan fingerprint density at radius 2 is 2.00 bits per heavy atom. The van der Waals surface area contributed by atoms with Crippen LogP contribution in [-0.4, -0.2) is 17.0 Å². The van der Waals surface area contributed by atoms with Gasteiger partial charge in [0.25, 0.3) is 0 Å². The van der Waals surface area contributed by atoms with Crippen molar-refractivity contribution in [3.05, 3.63) is 33.8 Å². The zero-order valence-electron chi connectivity index (χ0n) is 10.2. The third-order valence-electron chi connectivity index (χ3n) is 3.39. The van der Waals surface area contributed by atoms with Crippen LogP contribution in [0.1, 0.15) is 31.4 Å². The number of hydrogen-bond donors (Lipinski definition) is 2. The summed E-state index contributed by atoms with van der Waals surface area (Å²) in [7, 11) is 0. The van der Waals surface area contributed by atoms with Crippen molar-refractivity contribution in [1.29, 1.82) is 0 Å². The van der Waals surface area contributed by atoms with Gasteiger partial charge in [0.2, 0.25) is 5.91 Å². The monoisotopic (exact) mass is 301 g/mol. The summed E-state index contributed by atoms with van der Waals surface area (Å²) in [5.41, 5.74) is -0.581. The Morgan fingerprint density at radius 3 is 2.53 bits per heavy atom. The molecule has 1 amide bonds. The number of carbonyl (C=O) groups excluding carboxylic acids is 1. The van der Waals surface area contributed by atoms with E-state index in [9.17, 15) is 9.59 Å². The maximum absolute atomic E-state index is 12.0. The molecule has 0 unspecified atom stereocenters. The number of rotatable bonds is 4. The van der Waals surface area contributed by atoms with Crippen molar-refractivity contribution in [3.8, 4) is 0 Å². The van der Waals surface area contributed by atoms with Gasteiger partial charge >= 0.3 is 5.97 Å². The van der Waals surface area contributed by atoms with Crippen LogP contribution in [0.2, 0.25) is 10.0 Å². The average Bonchev–Trinajstić information content (AvgIpc) is 3.13. The summed E-state index contributed by atoms with van der Waals surface area (Å²) < 4.78 is 0. The maximum atomic E-state index is 12.0. The molecule has 102 valence electrons. The number of carbonyl (C=O) groups is 2. The van der Waals surface area contributed by atoms with Crippen molar-refractivity contribution in [1.82, 2.24) is 5.32 Å². The van der Waals surface area contributed by atoms with Crippen molar-refractivity contribution in [2.24, 2.45) is 5.41 Å². The number of hydrogen-bond acceptors (Lipinski definition) is 2. The summed E-state index contributed by atoms with van der Waals surface area (Å²) in [6, 6.07) is 4.74. The van der Waals surface area contributed by atoms with E-state index in [0.29, 0.717) is 28.5 Å². The number of carboxylic acid groups (broad SMARTS) is 1. The largest absolute Gasteiger partial charge is 0.480 e. The molecule has 2 N–H and O–H groups in total. The molecule has 0 saturated heterocycles. The van der Waals surface area contributed by atoms with Gasteiger partial charge < -0.3 is 10.4 Å². The maximum Gasteiger partial charge on any atom is 0.319 e. The van der Waals surface area contributed by atoms with E-state index >= 15 is 0 Å². The van der Waals surface area contributed by atoms with Gasteiger partial charge in [0, 0.05) is 0 Å². The zero-order valence-corrected chi connectivity index (χ0v) is 11.8. The molecule has 0 bridgehead atoms. The van der Waals surface area contributed by atoms with E-state index in [0.717, 1.165) is 0 Å². The van der Waals surface area contributed by atoms with Crippen molar-refractivity contribution in [2.45, 2.75) is 25.8 Å². The quantitative estimate of drug-likeness (QED) is 0.840. The smallest absolute Gasteiger partial charge is 0.319 e. The number of amides is 1. The van der Waals surface area contributed by atoms with Gasteiger partial charge in [-0.05, 0) is 31.4 Å². The molecule has 1 saturated carbocycles. The highest BCUT2D eigenvalue weighted by Crippen LogP contribution is 2.46. The number of aliphatic carboxylic acids is 1. The van der Waals surface area contributed by atoms with E-state index in [2.05, 4.69) is 5.32 Å². The van der Waals surface area contributed by atoms with Gasteiger partial charge in [-0.1, -0.05) is 35.3 Å². The molecular weight excluding hydrogens is 289 g/mol. The molecule has 0 aromatic heterocycles. The first-order chi connectivity index (χ1) is 8.88. The van der Waals surface area contributed by atoms with Gasteiger partial charge in [0.15, 0.2) is 0 Å². The van der Waals surface area contributed by atoms with E-state index < -0.39 is 23.3 Å².